The fourth-order valence-corrected chi connectivity index (χ4v) is 1.95. The minimum absolute atomic E-state index is 0.0316. The van der Waals surface area contributed by atoms with Crippen LogP contribution in [0.15, 0.2) is 11.8 Å². The average Bonchev–Trinajstić information content (AvgIpc) is 2.30. The summed E-state index contributed by atoms with van der Waals surface area (Å²) in [5, 5.41) is 0.263. The predicted molar refractivity (Wildman–Crippen MR) is 67.1 cm³/mol. The summed E-state index contributed by atoms with van der Waals surface area (Å²) in [7, 11) is 0. The highest BCUT2D eigenvalue weighted by Gasteiger charge is 2.38. The predicted octanol–water partition coefficient (Wildman–Crippen LogP) is 0.902. The minimum Gasteiger partial charge on any atom is -0.500 e. The molecule has 0 radical (unpaired) electrons. The normalized spacial score (nSPS) is 16.6. The van der Waals surface area contributed by atoms with Crippen LogP contribution in [0.25, 0.3) is 0 Å². The Hall–Kier alpha value is -1.43. The van der Waals surface area contributed by atoms with Crippen LogP contribution in [0.3, 0.4) is 0 Å². The molecule has 1 aliphatic heterocycles. The van der Waals surface area contributed by atoms with Crippen molar-refractivity contribution in [2.24, 2.45) is 0 Å². The van der Waals surface area contributed by atoms with Gasteiger partial charge in [0.15, 0.2) is 5.11 Å². The smallest absolute Gasteiger partial charge is 0.268 e. The summed E-state index contributed by atoms with van der Waals surface area (Å²) in [4.78, 5) is 26.8. The standard InChI is InChI=1S/C11H16N2O3S/c1-4-12-9(14)8(7-16-6-3)10(15)13(5-2)11(12)17/h7H,4-6H2,1-3H3. The molecular formula is C11H16N2O3S. The van der Waals surface area contributed by atoms with Crippen LogP contribution in [0.5, 0.6) is 0 Å². The van der Waals surface area contributed by atoms with Crippen molar-refractivity contribution in [1.29, 1.82) is 0 Å². The minimum atomic E-state index is -0.388. The highest BCUT2D eigenvalue weighted by atomic mass is 32.1. The third kappa shape index (κ3) is 2.46. The van der Waals surface area contributed by atoms with Gasteiger partial charge in [-0.2, -0.15) is 0 Å². The van der Waals surface area contributed by atoms with Gasteiger partial charge in [0.05, 0.1) is 6.61 Å². The second-order valence-electron chi connectivity index (χ2n) is 3.37. The first-order valence-electron chi connectivity index (χ1n) is 5.57. The highest BCUT2D eigenvalue weighted by Crippen LogP contribution is 2.17. The fourth-order valence-electron chi connectivity index (χ4n) is 1.53. The number of ether oxygens (including phenoxy) is 1. The van der Waals surface area contributed by atoms with Crippen molar-refractivity contribution >= 4 is 29.1 Å². The Balaban J connectivity index is 3.10. The summed E-state index contributed by atoms with van der Waals surface area (Å²) in [5.41, 5.74) is 0.0316. The van der Waals surface area contributed by atoms with E-state index in [0.29, 0.717) is 19.7 Å². The van der Waals surface area contributed by atoms with Crippen LogP contribution >= 0.6 is 12.2 Å². The summed E-state index contributed by atoms with van der Waals surface area (Å²) in [6, 6.07) is 0. The molecule has 1 fully saturated rings. The molecule has 1 rings (SSSR count). The van der Waals surface area contributed by atoms with E-state index >= 15 is 0 Å². The largest absolute Gasteiger partial charge is 0.500 e. The lowest BCUT2D eigenvalue weighted by Gasteiger charge is -2.35. The summed E-state index contributed by atoms with van der Waals surface area (Å²) in [5.74, 6) is -0.777. The number of hydrogen-bond donors (Lipinski definition) is 0. The van der Waals surface area contributed by atoms with Gasteiger partial charge in [-0.05, 0) is 33.0 Å². The second kappa shape index (κ2) is 5.77. The van der Waals surface area contributed by atoms with E-state index in [1.807, 2.05) is 13.8 Å². The third-order valence-corrected chi connectivity index (χ3v) is 2.85. The maximum absolute atomic E-state index is 12.0. The van der Waals surface area contributed by atoms with E-state index in [9.17, 15) is 9.59 Å². The van der Waals surface area contributed by atoms with Gasteiger partial charge < -0.3 is 4.74 Å². The van der Waals surface area contributed by atoms with E-state index in [0.717, 1.165) is 0 Å². The SMILES string of the molecule is CCOC=C1C(=O)N(CC)C(=S)N(CC)C1=O. The monoisotopic (exact) mass is 256 g/mol. The molecule has 0 unspecified atom stereocenters. The van der Waals surface area contributed by atoms with Crippen molar-refractivity contribution in [3.8, 4) is 0 Å². The number of hydrogen-bond acceptors (Lipinski definition) is 4. The van der Waals surface area contributed by atoms with Crippen molar-refractivity contribution in [3.05, 3.63) is 11.8 Å². The molecule has 1 aliphatic rings. The topological polar surface area (TPSA) is 49.9 Å². The first-order valence-corrected chi connectivity index (χ1v) is 5.98. The van der Waals surface area contributed by atoms with Crippen molar-refractivity contribution in [2.45, 2.75) is 20.8 Å². The van der Waals surface area contributed by atoms with Crippen LogP contribution in [0, 0.1) is 0 Å². The fraction of sp³-hybridized carbons (Fsp3) is 0.545. The Morgan fingerprint density at radius 3 is 1.94 bits per heavy atom. The Morgan fingerprint density at radius 2 is 1.59 bits per heavy atom. The Bertz CT molecular complexity index is 351. The Labute approximate surface area is 106 Å². The highest BCUT2D eigenvalue weighted by molar-refractivity contribution is 7.80. The van der Waals surface area contributed by atoms with E-state index in [-0.39, 0.29) is 22.5 Å². The van der Waals surface area contributed by atoms with Gasteiger partial charge in [-0.1, -0.05) is 0 Å². The van der Waals surface area contributed by atoms with Crippen LogP contribution < -0.4 is 0 Å². The zero-order valence-electron chi connectivity index (χ0n) is 10.2. The van der Waals surface area contributed by atoms with Crippen LogP contribution in [0.4, 0.5) is 0 Å². The van der Waals surface area contributed by atoms with Crippen LogP contribution in [0.2, 0.25) is 0 Å². The van der Waals surface area contributed by atoms with E-state index < -0.39 is 0 Å². The molecule has 0 N–H and O–H groups in total. The van der Waals surface area contributed by atoms with Gasteiger partial charge >= 0.3 is 0 Å². The van der Waals surface area contributed by atoms with Crippen molar-refractivity contribution in [3.63, 3.8) is 0 Å². The van der Waals surface area contributed by atoms with E-state index in [2.05, 4.69) is 0 Å². The van der Waals surface area contributed by atoms with Crippen molar-refractivity contribution in [1.82, 2.24) is 9.80 Å². The van der Waals surface area contributed by atoms with Gasteiger partial charge in [-0.15, -0.1) is 0 Å². The quantitative estimate of drug-likeness (QED) is 0.324. The molecule has 6 heteroatoms. The third-order valence-electron chi connectivity index (χ3n) is 2.41. The summed E-state index contributed by atoms with van der Waals surface area (Å²) >= 11 is 5.11. The maximum atomic E-state index is 12.0. The number of likely N-dealkylation sites (N-methyl/N-ethyl adjacent to an activating group) is 2. The number of carbonyl (C=O) groups excluding carboxylic acids is 2. The molecule has 94 valence electrons. The van der Waals surface area contributed by atoms with Gasteiger partial charge in [0.2, 0.25) is 0 Å². The lowest BCUT2D eigenvalue weighted by molar-refractivity contribution is -0.133. The van der Waals surface area contributed by atoms with Gasteiger partial charge in [0.25, 0.3) is 11.8 Å². The molecule has 17 heavy (non-hydrogen) atoms. The average molecular weight is 256 g/mol. The first-order chi connectivity index (χ1) is 8.08. The lowest BCUT2D eigenvalue weighted by Crippen LogP contribution is -2.55. The molecule has 0 aromatic rings. The molecule has 1 saturated heterocycles. The number of amides is 2. The summed E-state index contributed by atoms with van der Waals surface area (Å²) in [6.07, 6.45) is 1.22. The van der Waals surface area contributed by atoms with E-state index in [4.69, 9.17) is 17.0 Å². The molecule has 0 aliphatic carbocycles. The molecule has 0 aromatic heterocycles. The molecule has 0 bridgehead atoms. The molecule has 0 saturated carbocycles. The van der Waals surface area contributed by atoms with Gasteiger partial charge in [-0.25, -0.2) is 0 Å². The molecule has 1 heterocycles. The molecule has 5 nitrogen and oxygen atoms in total. The van der Waals surface area contributed by atoms with Crippen LogP contribution in [0.1, 0.15) is 20.8 Å². The Morgan fingerprint density at radius 1 is 1.12 bits per heavy atom. The molecular weight excluding hydrogens is 240 g/mol. The molecule has 2 amide bonds. The zero-order valence-corrected chi connectivity index (χ0v) is 11.0. The van der Waals surface area contributed by atoms with Crippen LogP contribution in [-0.4, -0.2) is 46.4 Å². The van der Waals surface area contributed by atoms with Crippen molar-refractivity contribution < 1.29 is 14.3 Å². The molecule has 0 aromatic carbocycles. The van der Waals surface area contributed by atoms with Gasteiger partial charge in [0, 0.05) is 13.1 Å². The van der Waals surface area contributed by atoms with Gasteiger partial charge in [-0.3, -0.25) is 19.4 Å². The zero-order chi connectivity index (χ0) is 13.0. The van der Waals surface area contributed by atoms with Crippen LogP contribution in [-0.2, 0) is 14.3 Å². The summed E-state index contributed by atoms with van der Waals surface area (Å²) in [6.45, 7) is 6.69. The number of carbonyl (C=O) groups is 2. The van der Waals surface area contributed by atoms with Crippen molar-refractivity contribution in [2.75, 3.05) is 19.7 Å². The second-order valence-corrected chi connectivity index (χ2v) is 3.73. The summed E-state index contributed by atoms with van der Waals surface area (Å²) < 4.78 is 5.03. The first kappa shape index (κ1) is 13.6. The number of thiocarbonyl (C=S) groups is 1. The maximum Gasteiger partial charge on any atom is 0.268 e. The van der Waals surface area contributed by atoms with Gasteiger partial charge in [0.1, 0.15) is 11.8 Å². The van der Waals surface area contributed by atoms with E-state index in [1.165, 1.54) is 16.1 Å². The number of nitrogens with zero attached hydrogens (tertiary/aromatic N) is 2. The molecule has 0 spiro atoms. The Kier molecular flexibility index (Phi) is 4.62. The van der Waals surface area contributed by atoms with E-state index in [1.54, 1.807) is 6.92 Å². The number of rotatable bonds is 4. The lowest BCUT2D eigenvalue weighted by atomic mass is 10.2. The molecule has 0 atom stereocenters.